The van der Waals surface area contributed by atoms with Gasteiger partial charge in [-0.3, -0.25) is 24.0 Å². The summed E-state index contributed by atoms with van der Waals surface area (Å²) in [4.78, 5) is 78.8. The maximum Gasteiger partial charge on any atom is 0.326 e. The number of carboxylic acid groups (broad SMARTS) is 1. The molecule has 57 heavy (non-hydrogen) atoms. The Bertz CT molecular complexity index is 2140. The van der Waals surface area contributed by atoms with E-state index in [1.165, 1.54) is 49.0 Å². The van der Waals surface area contributed by atoms with Crippen molar-refractivity contribution in [3.63, 3.8) is 0 Å². The Morgan fingerprint density at radius 1 is 0.860 bits per heavy atom. The number of carbonyl (C=O) groups is 6. The highest BCUT2D eigenvalue weighted by molar-refractivity contribution is 5.96. The SMILES string of the molecule is CCCCc1ccc(-c2ccc(C(=O)NCC(C)C(=O)NCC(=O)N(C)C3C(=O)NCC(=O)N[C@H](C(=O)O)Cc4ccc(O)c(c4)-c4cc3ccc4O)cc2)cc1. The van der Waals surface area contributed by atoms with Gasteiger partial charge >= 0.3 is 5.97 Å². The summed E-state index contributed by atoms with van der Waals surface area (Å²) in [5.74, 6) is -5.75. The Labute approximate surface area is 330 Å². The summed E-state index contributed by atoms with van der Waals surface area (Å²) in [6.07, 6.45) is 3.15. The number of aromatic hydroxyl groups is 2. The number of carbonyl (C=O) groups excluding carboxylic acids is 5. The molecule has 1 heterocycles. The lowest BCUT2D eigenvalue weighted by Gasteiger charge is -2.29. The molecule has 0 fully saturated rings. The highest BCUT2D eigenvalue weighted by Crippen LogP contribution is 2.38. The maximum atomic E-state index is 13.6. The summed E-state index contributed by atoms with van der Waals surface area (Å²) in [5.41, 5.74) is 4.58. The lowest BCUT2D eigenvalue weighted by atomic mass is 9.94. The second kappa shape index (κ2) is 18.8. The van der Waals surface area contributed by atoms with E-state index in [0.29, 0.717) is 11.1 Å². The number of amides is 5. The summed E-state index contributed by atoms with van der Waals surface area (Å²) < 4.78 is 0. The molecule has 5 rings (SSSR count). The van der Waals surface area contributed by atoms with Crippen molar-refractivity contribution in [1.29, 1.82) is 0 Å². The molecule has 0 radical (unpaired) electrons. The van der Waals surface area contributed by atoms with Crippen LogP contribution in [0.3, 0.4) is 0 Å². The van der Waals surface area contributed by atoms with Crippen LogP contribution in [0.2, 0.25) is 0 Å². The van der Waals surface area contributed by atoms with Gasteiger partial charge in [0.05, 0.1) is 19.0 Å². The van der Waals surface area contributed by atoms with Gasteiger partial charge < -0.3 is 41.5 Å². The van der Waals surface area contributed by atoms with Gasteiger partial charge in [-0.15, -0.1) is 0 Å². The van der Waals surface area contributed by atoms with Gasteiger partial charge in [-0.2, -0.15) is 0 Å². The average molecular weight is 778 g/mol. The number of hydrogen-bond donors (Lipinski definition) is 7. The van der Waals surface area contributed by atoms with Gasteiger partial charge in [0.15, 0.2) is 0 Å². The molecule has 4 bridgehead atoms. The first-order valence-electron chi connectivity index (χ1n) is 18.7. The Morgan fingerprint density at radius 2 is 1.49 bits per heavy atom. The van der Waals surface area contributed by atoms with E-state index in [-0.39, 0.29) is 47.1 Å². The Hall–Kier alpha value is -6.70. The molecule has 4 aromatic rings. The first-order valence-corrected chi connectivity index (χ1v) is 18.7. The largest absolute Gasteiger partial charge is 0.507 e. The molecule has 298 valence electrons. The van der Waals surface area contributed by atoms with Gasteiger partial charge in [-0.05, 0) is 77.1 Å². The number of carboxylic acids is 1. The predicted molar refractivity (Wildman–Crippen MR) is 212 cm³/mol. The third-order valence-electron chi connectivity index (χ3n) is 9.90. The van der Waals surface area contributed by atoms with Gasteiger partial charge in [-0.25, -0.2) is 4.79 Å². The molecule has 1 aliphatic rings. The third kappa shape index (κ3) is 10.5. The van der Waals surface area contributed by atoms with Crippen LogP contribution in [0.1, 0.15) is 59.8 Å². The summed E-state index contributed by atoms with van der Waals surface area (Å²) in [6, 6.07) is 21.1. The van der Waals surface area contributed by atoms with Crippen LogP contribution in [-0.4, -0.2) is 88.4 Å². The number of nitrogens with one attached hydrogen (secondary N) is 4. The molecule has 0 spiro atoms. The van der Waals surface area contributed by atoms with E-state index in [1.807, 2.05) is 12.1 Å². The first kappa shape index (κ1) is 41.5. The van der Waals surface area contributed by atoms with Crippen molar-refractivity contribution in [3.05, 3.63) is 107 Å². The minimum atomic E-state index is -1.39. The monoisotopic (exact) mass is 777 g/mol. The van der Waals surface area contributed by atoms with Crippen LogP contribution >= 0.6 is 0 Å². The summed E-state index contributed by atoms with van der Waals surface area (Å²) in [6.45, 7) is 2.60. The third-order valence-corrected chi connectivity index (χ3v) is 9.90. The molecule has 1 aliphatic heterocycles. The van der Waals surface area contributed by atoms with Crippen LogP contribution in [-0.2, 0) is 36.8 Å². The zero-order valence-electron chi connectivity index (χ0n) is 32.0. The van der Waals surface area contributed by atoms with Crippen molar-refractivity contribution < 1.29 is 44.1 Å². The Kier molecular flexibility index (Phi) is 13.6. The lowest BCUT2D eigenvalue weighted by molar-refractivity contribution is -0.142. The normalized spacial score (nSPS) is 15.9. The minimum Gasteiger partial charge on any atom is -0.507 e. The van der Waals surface area contributed by atoms with Crippen LogP contribution in [0, 0.1) is 5.92 Å². The average Bonchev–Trinajstić information content (AvgIpc) is 3.21. The zero-order valence-corrected chi connectivity index (χ0v) is 32.0. The smallest absolute Gasteiger partial charge is 0.326 e. The molecule has 0 aromatic heterocycles. The van der Waals surface area contributed by atoms with E-state index in [9.17, 15) is 44.1 Å². The molecule has 7 N–H and O–H groups in total. The standard InChI is InChI=1S/C43H47N5O9/c1-4-5-6-26-7-10-28(11-8-26)29-12-14-30(15-13-29)41(54)44-22-25(2)40(53)46-24-38(52)48(3)39-31-16-18-36(50)33(21-31)32-19-27(9-17-35(32)49)20-34(43(56)57)47-37(51)23-45-42(39)55/h7-19,21,25,34,39,49-50H,4-6,20,22-24H2,1-3H3,(H,44,54)(H,45,55)(H,46,53)(H,47,51)(H,56,57)/t25?,34-,39?/m0/s1. The van der Waals surface area contributed by atoms with E-state index in [4.69, 9.17) is 0 Å². The molecule has 0 saturated carbocycles. The van der Waals surface area contributed by atoms with Gasteiger partial charge in [0.1, 0.15) is 23.6 Å². The molecule has 3 atom stereocenters. The number of aryl methyl sites for hydroxylation is 1. The number of phenols is 2. The van der Waals surface area contributed by atoms with Crippen LogP contribution in [0.15, 0.2) is 84.9 Å². The summed E-state index contributed by atoms with van der Waals surface area (Å²) >= 11 is 0. The van der Waals surface area contributed by atoms with Gasteiger partial charge in [0.25, 0.3) is 5.91 Å². The molecule has 4 aromatic carbocycles. The van der Waals surface area contributed by atoms with Crippen molar-refractivity contribution in [2.75, 3.05) is 26.7 Å². The van der Waals surface area contributed by atoms with E-state index in [2.05, 4.69) is 52.5 Å². The number of aliphatic carboxylic acids is 1. The maximum absolute atomic E-state index is 13.6. The molecule has 5 amide bonds. The molecule has 14 heteroatoms. The van der Waals surface area contributed by atoms with Crippen LogP contribution in [0.5, 0.6) is 11.5 Å². The highest BCUT2D eigenvalue weighted by Gasteiger charge is 2.31. The number of unbranched alkanes of at least 4 members (excludes halogenated alkanes) is 1. The van der Waals surface area contributed by atoms with E-state index in [1.54, 1.807) is 19.1 Å². The summed E-state index contributed by atoms with van der Waals surface area (Å²) in [5, 5.41) is 41.3. The van der Waals surface area contributed by atoms with Gasteiger partial charge in [0.2, 0.25) is 23.6 Å². The van der Waals surface area contributed by atoms with Crippen molar-refractivity contribution in [1.82, 2.24) is 26.2 Å². The van der Waals surface area contributed by atoms with Crippen LogP contribution < -0.4 is 21.3 Å². The molecular weight excluding hydrogens is 730 g/mol. The Balaban J connectivity index is 1.23. The van der Waals surface area contributed by atoms with E-state index < -0.39 is 60.7 Å². The van der Waals surface area contributed by atoms with Crippen molar-refractivity contribution >= 4 is 35.5 Å². The molecular formula is C43H47N5O9. The van der Waals surface area contributed by atoms with Crippen molar-refractivity contribution in [2.24, 2.45) is 5.92 Å². The van der Waals surface area contributed by atoms with Crippen molar-refractivity contribution in [3.8, 4) is 33.8 Å². The van der Waals surface area contributed by atoms with Gasteiger partial charge in [0, 0.05) is 36.7 Å². The molecule has 0 saturated heterocycles. The number of phenolic OH excluding ortho intramolecular Hbond substituents is 2. The lowest BCUT2D eigenvalue weighted by Crippen LogP contribution is -2.50. The van der Waals surface area contributed by atoms with Crippen LogP contribution in [0.4, 0.5) is 0 Å². The zero-order chi connectivity index (χ0) is 41.2. The van der Waals surface area contributed by atoms with E-state index in [0.717, 1.165) is 35.3 Å². The quantitative estimate of drug-likeness (QED) is 0.112. The summed E-state index contributed by atoms with van der Waals surface area (Å²) in [7, 11) is 1.32. The molecule has 14 nitrogen and oxygen atoms in total. The number of benzene rings is 4. The van der Waals surface area contributed by atoms with Gasteiger partial charge in [-0.1, -0.05) is 68.8 Å². The highest BCUT2D eigenvalue weighted by atomic mass is 16.4. The molecule has 0 aliphatic carbocycles. The number of hydrogen-bond acceptors (Lipinski definition) is 8. The van der Waals surface area contributed by atoms with Crippen molar-refractivity contribution in [2.45, 2.75) is 51.6 Å². The topological polar surface area (TPSA) is 214 Å². The number of rotatable bonds is 12. The fourth-order valence-corrected chi connectivity index (χ4v) is 6.47. The second-order valence-electron chi connectivity index (χ2n) is 14.1. The second-order valence-corrected chi connectivity index (χ2v) is 14.1. The first-order chi connectivity index (χ1) is 27.2. The van der Waals surface area contributed by atoms with Crippen LogP contribution in [0.25, 0.3) is 22.3 Å². The molecule has 2 unspecified atom stereocenters. The predicted octanol–water partition coefficient (Wildman–Crippen LogP) is 3.70. The number of fused-ring (bicyclic) bond motifs is 5. The van der Waals surface area contributed by atoms with E-state index >= 15 is 0 Å². The number of nitrogens with zero attached hydrogens (tertiary/aromatic N) is 1. The number of likely N-dealkylation sites (N-methyl/N-ethyl adjacent to an activating group) is 1. The fourth-order valence-electron chi connectivity index (χ4n) is 6.47. The minimum absolute atomic E-state index is 0.0180. The Morgan fingerprint density at radius 3 is 2.14 bits per heavy atom. The fraction of sp³-hybridized carbons (Fsp3) is 0.302.